The number of carbonyl (C=O) groups excluding carboxylic acids is 1. The van der Waals surface area contributed by atoms with Gasteiger partial charge in [-0.05, 0) is 90.1 Å². The average Bonchev–Trinajstić information content (AvgIpc) is 2.54. The molecule has 0 N–H and O–H groups in total. The van der Waals surface area contributed by atoms with Crippen LogP contribution in [-0.2, 0) is 21.3 Å². The third kappa shape index (κ3) is 14.4. The second kappa shape index (κ2) is 12.7. The van der Waals surface area contributed by atoms with E-state index in [0.717, 1.165) is 12.5 Å². The maximum Gasteiger partial charge on any atom is 0.314 e. The van der Waals surface area contributed by atoms with Gasteiger partial charge in [0.25, 0.3) is 0 Å². The molecule has 0 radical (unpaired) electrons. The van der Waals surface area contributed by atoms with Crippen molar-refractivity contribution in [2.75, 3.05) is 13.6 Å². The number of carbonyl (C=O) groups is 1. The Balaban J connectivity index is 4.92. The Hall–Kier alpha value is 0.134. The van der Waals surface area contributed by atoms with Crippen LogP contribution in [0.1, 0.15) is 26.2 Å². The SMILES string of the molecule is C=CC(=O)N(C)CCC[Si](C)(C)O[Si](C)(C)O[Si](C)(C)O[Si](C)(C)O[Si](C)(C)CCCC. The molecule has 0 atom stereocenters. The van der Waals surface area contributed by atoms with Crippen LogP contribution in [0.5, 0.6) is 0 Å². The van der Waals surface area contributed by atoms with Crippen LogP contribution in [0, 0.1) is 0 Å². The third-order valence-electron chi connectivity index (χ3n) is 4.98. The molecule has 0 fully saturated rings. The van der Waals surface area contributed by atoms with E-state index in [2.05, 4.69) is 79.0 Å². The van der Waals surface area contributed by atoms with Crippen LogP contribution < -0.4 is 0 Å². The predicted molar refractivity (Wildman–Crippen MR) is 149 cm³/mol. The first-order chi connectivity index (χ1) is 14.3. The fourth-order valence-electron chi connectivity index (χ4n) is 4.29. The Bertz CT molecular complexity index is 611. The van der Waals surface area contributed by atoms with E-state index in [-0.39, 0.29) is 5.91 Å². The standard InChI is InChI=1S/C21H51NO5Si5/c1-14-16-19-28(4,5)24-30(8,9)26-32(12,13)27-31(10,11)25-29(6,7)20-17-18-22(3)21(23)15-2/h15H,2,14,16-20H2,1,3-13H3. The van der Waals surface area contributed by atoms with Gasteiger partial charge in [-0.15, -0.1) is 0 Å². The Kier molecular flexibility index (Phi) is 12.8. The van der Waals surface area contributed by atoms with E-state index in [1.54, 1.807) is 4.90 Å². The Morgan fingerprint density at radius 1 is 0.750 bits per heavy atom. The molecule has 0 aromatic heterocycles. The van der Waals surface area contributed by atoms with Crippen molar-refractivity contribution >= 4 is 48.2 Å². The summed E-state index contributed by atoms with van der Waals surface area (Å²) in [5.41, 5.74) is 0. The quantitative estimate of drug-likeness (QED) is 0.168. The molecular formula is C21H51NO5Si5. The number of hydrogen-bond donors (Lipinski definition) is 0. The molecule has 0 saturated carbocycles. The summed E-state index contributed by atoms with van der Waals surface area (Å²) in [5.74, 6) is -0.0386. The maximum absolute atomic E-state index is 11.7. The fraction of sp³-hybridized carbons (Fsp3) is 0.857. The highest BCUT2D eigenvalue weighted by atomic mass is 28.5. The van der Waals surface area contributed by atoms with Crippen LogP contribution in [0.4, 0.5) is 0 Å². The molecule has 0 aromatic carbocycles. The van der Waals surface area contributed by atoms with Gasteiger partial charge < -0.3 is 21.4 Å². The van der Waals surface area contributed by atoms with Gasteiger partial charge in [0.15, 0.2) is 16.6 Å². The number of unbranched alkanes of at least 4 members (excludes halogenated alkanes) is 1. The summed E-state index contributed by atoms with van der Waals surface area (Å²) in [4.78, 5) is 13.4. The van der Waals surface area contributed by atoms with Gasteiger partial charge in [-0.1, -0.05) is 26.3 Å². The summed E-state index contributed by atoms with van der Waals surface area (Å²) in [7, 11) is -8.96. The first kappa shape index (κ1) is 32.1. The van der Waals surface area contributed by atoms with Crippen molar-refractivity contribution in [2.24, 2.45) is 0 Å². The zero-order chi connectivity index (χ0) is 25.4. The lowest BCUT2D eigenvalue weighted by Gasteiger charge is -2.42. The van der Waals surface area contributed by atoms with Crippen molar-refractivity contribution in [3.05, 3.63) is 12.7 Å². The van der Waals surface area contributed by atoms with Crippen LogP contribution in [-0.4, -0.2) is 66.7 Å². The number of rotatable bonds is 16. The van der Waals surface area contributed by atoms with Crippen molar-refractivity contribution in [3.63, 3.8) is 0 Å². The Morgan fingerprint density at radius 2 is 1.12 bits per heavy atom. The van der Waals surface area contributed by atoms with Crippen molar-refractivity contribution < 1.29 is 21.3 Å². The zero-order valence-electron chi connectivity index (χ0n) is 23.0. The normalized spacial score (nSPS) is 13.9. The lowest BCUT2D eigenvalue weighted by molar-refractivity contribution is -0.124. The van der Waals surface area contributed by atoms with Gasteiger partial charge >= 0.3 is 25.7 Å². The maximum atomic E-state index is 11.7. The molecule has 0 aromatic rings. The molecule has 0 saturated heterocycles. The highest BCUT2D eigenvalue weighted by molar-refractivity contribution is 6.90. The monoisotopic (exact) mass is 537 g/mol. The second-order valence-corrected chi connectivity index (χ2v) is 31.0. The molecule has 0 aliphatic heterocycles. The Labute approximate surface area is 204 Å². The predicted octanol–water partition coefficient (Wildman–Crippen LogP) is 6.40. The molecular weight excluding hydrogens is 487 g/mol. The van der Waals surface area contributed by atoms with Crippen LogP contribution in [0.2, 0.25) is 77.6 Å². The molecule has 1 amide bonds. The van der Waals surface area contributed by atoms with Crippen LogP contribution in [0.25, 0.3) is 0 Å². The molecule has 0 bridgehead atoms. The van der Waals surface area contributed by atoms with Gasteiger partial charge in [0.1, 0.15) is 0 Å². The summed E-state index contributed by atoms with van der Waals surface area (Å²) in [5, 5.41) is 0. The molecule has 0 spiro atoms. The van der Waals surface area contributed by atoms with E-state index >= 15 is 0 Å². The van der Waals surface area contributed by atoms with Gasteiger partial charge in [0.05, 0.1) is 0 Å². The van der Waals surface area contributed by atoms with E-state index in [4.69, 9.17) is 16.5 Å². The third-order valence-corrected chi connectivity index (χ3v) is 24.3. The van der Waals surface area contributed by atoms with Crippen LogP contribution in [0.3, 0.4) is 0 Å². The molecule has 11 heteroatoms. The smallest absolute Gasteiger partial charge is 0.314 e. The van der Waals surface area contributed by atoms with E-state index in [9.17, 15) is 4.79 Å². The minimum atomic E-state index is -2.42. The van der Waals surface area contributed by atoms with Crippen molar-refractivity contribution in [3.8, 4) is 0 Å². The number of amides is 1. The summed E-state index contributed by atoms with van der Waals surface area (Å²) < 4.78 is 26.6. The lowest BCUT2D eigenvalue weighted by Crippen LogP contribution is -2.58. The molecule has 0 aliphatic rings. The van der Waals surface area contributed by atoms with Crippen molar-refractivity contribution in [1.29, 1.82) is 0 Å². The van der Waals surface area contributed by atoms with E-state index in [1.807, 2.05) is 7.05 Å². The highest BCUT2D eigenvalue weighted by Gasteiger charge is 2.45. The highest BCUT2D eigenvalue weighted by Crippen LogP contribution is 2.28. The molecule has 0 heterocycles. The minimum Gasteiger partial charge on any atom is -0.436 e. The first-order valence-corrected chi connectivity index (χ1v) is 26.6. The van der Waals surface area contributed by atoms with Crippen LogP contribution in [0.15, 0.2) is 12.7 Å². The largest absolute Gasteiger partial charge is 0.436 e. The molecule has 32 heavy (non-hydrogen) atoms. The molecule has 0 rings (SSSR count). The van der Waals surface area contributed by atoms with E-state index in [1.165, 1.54) is 25.0 Å². The summed E-state index contributed by atoms with van der Waals surface area (Å²) >= 11 is 0. The van der Waals surface area contributed by atoms with E-state index < -0.39 is 42.3 Å². The fourth-order valence-corrected chi connectivity index (χ4v) is 29.1. The molecule has 6 nitrogen and oxygen atoms in total. The van der Waals surface area contributed by atoms with Gasteiger partial charge in [-0.3, -0.25) is 4.79 Å². The number of nitrogens with zero attached hydrogens (tertiary/aromatic N) is 1. The van der Waals surface area contributed by atoms with Crippen LogP contribution >= 0.6 is 0 Å². The Morgan fingerprint density at radius 3 is 1.50 bits per heavy atom. The topological polar surface area (TPSA) is 57.2 Å². The van der Waals surface area contributed by atoms with Crippen molar-refractivity contribution in [2.45, 2.75) is 104 Å². The zero-order valence-corrected chi connectivity index (χ0v) is 28.0. The summed E-state index contributed by atoms with van der Waals surface area (Å²) in [6, 6.07) is 2.15. The van der Waals surface area contributed by atoms with Crippen molar-refractivity contribution in [1.82, 2.24) is 4.90 Å². The molecule has 0 unspecified atom stereocenters. The minimum absolute atomic E-state index is 0.0386. The number of hydrogen-bond acceptors (Lipinski definition) is 5. The van der Waals surface area contributed by atoms with E-state index in [0.29, 0.717) is 6.54 Å². The van der Waals surface area contributed by atoms with Gasteiger partial charge in [0.2, 0.25) is 5.91 Å². The molecule has 190 valence electrons. The average molecular weight is 538 g/mol. The first-order valence-electron chi connectivity index (χ1n) is 11.9. The summed E-state index contributed by atoms with van der Waals surface area (Å²) in [6.45, 7) is 28.4. The van der Waals surface area contributed by atoms with Gasteiger partial charge in [-0.2, -0.15) is 0 Å². The van der Waals surface area contributed by atoms with Gasteiger partial charge in [-0.25, -0.2) is 0 Å². The molecule has 0 aliphatic carbocycles. The summed E-state index contributed by atoms with van der Waals surface area (Å²) in [6.07, 6.45) is 4.69. The lowest BCUT2D eigenvalue weighted by atomic mass is 10.4. The van der Waals surface area contributed by atoms with Gasteiger partial charge in [0, 0.05) is 13.6 Å². The second-order valence-electron chi connectivity index (χ2n) is 11.3. The number of likely N-dealkylation sites (N-methyl/N-ethyl adjacent to an activating group) is 1.